The minimum atomic E-state index is -0.634. The summed E-state index contributed by atoms with van der Waals surface area (Å²) in [6.07, 6.45) is 0. The number of aromatic nitrogens is 3. The molecule has 5 N–H and O–H groups in total. The maximum atomic E-state index is 11.1. The Morgan fingerprint density at radius 1 is 1.40 bits per heavy atom. The molecule has 0 unspecified atom stereocenters. The van der Waals surface area contributed by atoms with Gasteiger partial charge in [-0.05, 0) is 0 Å². The van der Waals surface area contributed by atoms with E-state index < -0.39 is 11.2 Å². The summed E-state index contributed by atoms with van der Waals surface area (Å²) in [7, 11) is 0. The Balaban J connectivity index is 2.38. The highest BCUT2D eigenvalue weighted by Gasteiger charge is 1.99. The van der Waals surface area contributed by atoms with Crippen molar-refractivity contribution < 1.29 is 4.74 Å². The largest absolute Gasteiger partial charge is 0.378 e. The van der Waals surface area contributed by atoms with E-state index in [4.69, 9.17) is 10.5 Å². The van der Waals surface area contributed by atoms with Crippen LogP contribution >= 0.6 is 0 Å². The van der Waals surface area contributed by atoms with E-state index in [1.54, 1.807) is 0 Å². The van der Waals surface area contributed by atoms with Crippen molar-refractivity contribution in [2.45, 2.75) is 0 Å². The fourth-order valence-electron chi connectivity index (χ4n) is 0.895. The van der Waals surface area contributed by atoms with E-state index in [0.717, 1.165) is 0 Å². The van der Waals surface area contributed by atoms with Gasteiger partial charge in [-0.15, -0.1) is 5.10 Å². The molecule has 0 saturated carbocycles. The second-order valence-electron chi connectivity index (χ2n) is 2.68. The highest BCUT2D eigenvalue weighted by molar-refractivity contribution is 5.28. The van der Waals surface area contributed by atoms with Gasteiger partial charge in [0.25, 0.3) is 5.56 Å². The van der Waals surface area contributed by atoms with Crippen LogP contribution in [0.2, 0.25) is 0 Å². The van der Waals surface area contributed by atoms with Gasteiger partial charge in [0.15, 0.2) is 0 Å². The highest BCUT2D eigenvalue weighted by Crippen LogP contribution is 1.85. The number of hydrogen-bond donors (Lipinski definition) is 4. The fourth-order valence-corrected chi connectivity index (χ4v) is 0.895. The van der Waals surface area contributed by atoms with Gasteiger partial charge in [-0.1, -0.05) is 0 Å². The van der Waals surface area contributed by atoms with Crippen molar-refractivity contribution in [1.82, 2.24) is 15.2 Å². The van der Waals surface area contributed by atoms with Crippen molar-refractivity contribution in [1.29, 1.82) is 0 Å². The minimum Gasteiger partial charge on any atom is -0.378 e. The van der Waals surface area contributed by atoms with E-state index in [9.17, 15) is 9.59 Å². The Labute approximate surface area is 84.8 Å². The van der Waals surface area contributed by atoms with Gasteiger partial charge in [-0.3, -0.25) is 9.78 Å². The third-order valence-electron chi connectivity index (χ3n) is 1.51. The van der Waals surface area contributed by atoms with Crippen LogP contribution in [0.4, 0.5) is 5.82 Å². The molecular weight excluding hydrogens is 202 g/mol. The molecule has 8 nitrogen and oxygen atoms in total. The van der Waals surface area contributed by atoms with E-state index in [2.05, 4.69) is 15.5 Å². The van der Waals surface area contributed by atoms with Gasteiger partial charge in [0, 0.05) is 13.1 Å². The van der Waals surface area contributed by atoms with Crippen molar-refractivity contribution >= 4 is 5.82 Å². The predicted molar refractivity (Wildman–Crippen MR) is 53.8 cm³/mol. The molecule has 1 heterocycles. The molecule has 8 heteroatoms. The lowest BCUT2D eigenvalue weighted by molar-refractivity contribution is 0.151. The molecule has 0 bridgehead atoms. The standard InChI is InChI=1S/C7H13N5O3/c8-1-3-15-4-2-9-5-6(13)10-7(14)12-11-5/h1-4,8H2,(H,9,11)(H2,10,12,13,14). The van der Waals surface area contributed by atoms with Crippen LogP contribution in [0, 0.1) is 0 Å². The first-order valence-corrected chi connectivity index (χ1v) is 4.44. The quantitative estimate of drug-likeness (QED) is 0.401. The van der Waals surface area contributed by atoms with Gasteiger partial charge in [0.1, 0.15) is 0 Å². The van der Waals surface area contributed by atoms with Crippen LogP contribution in [-0.2, 0) is 4.74 Å². The molecule has 0 saturated heterocycles. The van der Waals surface area contributed by atoms with E-state index in [-0.39, 0.29) is 5.82 Å². The number of aromatic amines is 2. The number of anilines is 1. The van der Waals surface area contributed by atoms with Crippen molar-refractivity contribution in [2.75, 3.05) is 31.6 Å². The third-order valence-corrected chi connectivity index (χ3v) is 1.51. The smallest absolute Gasteiger partial charge is 0.342 e. The van der Waals surface area contributed by atoms with E-state index in [1.807, 2.05) is 4.98 Å². The van der Waals surface area contributed by atoms with Gasteiger partial charge in [-0.25, -0.2) is 9.89 Å². The molecular formula is C7H13N5O3. The van der Waals surface area contributed by atoms with Crippen molar-refractivity contribution in [3.05, 3.63) is 20.8 Å². The van der Waals surface area contributed by atoms with Crippen LogP contribution in [0.25, 0.3) is 0 Å². The number of rotatable bonds is 6. The summed E-state index contributed by atoms with van der Waals surface area (Å²) >= 11 is 0. The molecule has 1 aromatic rings. The van der Waals surface area contributed by atoms with Crippen LogP contribution in [0.3, 0.4) is 0 Å². The molecule has 1 rings (SSSR count). The zero-order chi connectivity index (χ0) is 11.1. The normalized spacial score (nSPS) is 10.2. The molecule has 0 atom stereocenters. The summed E-state index contributed by atoms with van der Waals surface area (Å²) in [4.78, 5) is 23.8. The number of H-pyrrole nitrogens is 2. The molecule has 84 valence electrons. The fraction of sp³-hybridized carbons (Fsp3) is 0.571. The molecule has 0 amide bonds. The minimum absolute atomic E-state index is 0.0611. The third kappa shape index (κ3) is 3.92. The second-order valence-corrected chi connectivity index (χ2v) is 2.68. The summed E-state index contributed by atoms with van der Waals surface area (Å²) in [5.74, 6) is 0.0611. The summed E-state index contributed by atoms with van der Waals surface area (Å²) < 4.78 is 5.07. The lowest BCUT2D eigenvalue weighted by atomic mass is 10.6. The van der Waals surface area contributed by atoms with Crippen LogP contribution in [0.15, 0.2) is 9.59 Å². The lowest BCUT2D eigenvalue weighted by Crippen LogP contribution is -2.28. The molecule has 0 fully saturated rings. The van der Waals surface area contributed by atoms with E-state index in [0.29, 0.717) is 26.3 Å². The van der Waals surface area contributed by atoms with Crippen molar-refractivity contribution in [3.8, 4) is 0 Å². The maximum absolute atomic E-state index is 11.1. The molecule has 0 aliphatic heterocycles. The highest BCUT2D eigenvalue weighted by atomic mass is 16.5. The average Bonchev–Trinajstić information content (AvgIpc) is 2.20. The monoisotopic (exact) mass is 215 g/mol. The first-order chi connectivity index (χ1) is 7.24. The number of ether oxygens (including phenoxy) is 1. The van der Waals surface area contributed by atoms with Crippen LogP contribution in [-0.4, -0.2) is 41.5 Å². The van der Waals surface area contributed by atoms with Gasteiger partial charge in [-0.2, -0.15) is 0 Å². The molecule has 0 aromatic carbocycles. The van der Waals surface area contributed by atoms with E-state index in [1.165, 1.54) is 0 Å². The number of hydrogen-bond acceptors (Lipinski definition) is 6. The predicted octanol–water partition coefficient (Wildman–Crippen LogP) is -2.15. The molecule has 0 aliphatic rings. The zero-order valence-electron chi connectivity index (χ0n) is 8.08. The Morgan fingerprint density at radius 2 is 2.20 bits per heavy atom. The van der Waals surface area contributed by atoms with Crippen LogP contribution in [0.1, 0.15) is 0 Å². The number of nitrogens with two attached hydrogens (primary N) is 1. The lowest BCUT2D eigenvalue weighted by Gasteiger charge is -2.03. The summed E-state index contributed by atoms with van der Waals surface area (Å²) in [5, 5.41) is 8.34. The molecule has 1 aromatic heterocycles. The average molecular weight is 215 g/mol. The Kier molecular flexibility index (Phi) is 4.51. The maximum Gasteiger partial charge on any atom is 0.342 e. The van der Waals surface area contributed by atoms with Gasteiger partial charge >= 0.3 is 5.69 Å². The summed E-state index contributed by atoms with van der Waals surface area (Å²) in [5.41, 5.74) is 4.02. The number of nitrogens with zero attached hydrogens (tertiary/aromatic N) is 1. The van der Waals surface area contributed by atoms with E-state index >= 15 is 0 Å². The first-order valence-electron chi connectivity index (χ1n) is 4.44. The molecule has 0 spiro atoms. The number of nitrogens with one attached hydrogen (secondary N) is 3. The second kappa shape index (κ2) is 5.94. The van der Waals surface area contributed by atoms with Crippen LogP contribution < -0.4 is 22.3 Å². The first kappa shape index (κ1) is 11.4. The van der Waals surface area contributed by atoms with Gasteiger partial charge in [0.05, 0.1) is 13.2 Å². The SMILES string of the molecule is NCCOCCNc1n[nH]c(=O)[nH]c1=O. The molecule has 0 radical (unpaired) electrons. The van der Waals surface area contributed by atoms with Crippen molar-refractivity contribution in [3.63, 3.8) is 0 Å². The molecule has 15 heavy (non-hydrogen) atoms. The van der Waals surface area contributed by atoms with Gasteiger partial charge in [0.2, 0.25) is 5.82 Å². The van der Waals surface area contributed by atoms with Crippen molar-refractivity contribution in [2.24, 2.45) is 5.73 Å². The molecule has 0 aliphatic carbocycles. The Bertz CT molecular complexity index is 398. The zero-order valence-corrected chi connectivity index (χ0v) is 8.08. The Morgan fingerprint density at radius 3 is 2.87 bits per heavy atom. The topological polar surface area (TPSA) is 126 Å². The Hall–Kier alpha value is -1.67. The van der Waals surface area contributed by atoms with Crippen LogP contribution in [0.5, 0.6) is 0 Å². The summed E-state index contributed by atoms with van der Waals surface area (Å²) in [6.45, 7) is 1.76. The summed E-state index contributed by atoms with van der Waals surface area (Å²) in [6, 6.07) is 0. The van der Waals surface area contributed by atoms with Gasteiger partial charge < -0.3 is 15.8 Å².